The largest absolute Gasteiger partial charge is 0.317 e. The highest BCUT2D eigenvalue weighted by Crippen LogP contribution is 2.26. The molecule has 0 fully saturated rings. The molecule has 16 heavy (non-hydrogen) atoms. The van der Waals surface area contributed by atoms with Crippen LogP contribution in [-0.2, 0) is 0 Å². The van der Waals surface area contributed by atoms with Gasteiger partial charge in [0.25, 0.3) is 0 Å². The molecule has 1 nitrogen and oxygen atoms in total. The molecule has 0 saturated carbocycles. The third-order valence-corrected chi connectivity index (χ3v) is 3.31. The number of benzene rings is 1. The van der Waals surface area contributed by atoms with E-state index >= 15 is 0 Å². The third-order valence-electron chi connectivity index (χ3n) is 2.69. The summed E-state index contributed by atoms with van der Waals surface area (Å²) in [6.07, 6.45) is 2.10. The predicted molar refractivity (Wildman–Crippen MR) is 70.3 cm³/mol. The Kier molecular flexibility index (Phi) is 5.99. The lowest BCUT2D eigenvalue weighted by Gasteiger charge is -2.13. The summed E-state index contributed by atoms with van der Waals surface area (Å²) in [4.78, 5) is 0. The fourth-order valence-corrected chi connectivity index (χ4v) is 2.06. The van der Waals surface area contributed by atoms with Gasteiger partial charge >= 0.3 is 0 Å². The molecular weight excluding hydrogens is 269 g/mol. The molecule has 0 aliphatic carbocycles. The fraction of sp³-hybridized carbons (Fsp3) is 0.538. The third kappa shape index (κ3) is 3.87. The van der Waals surface area contributed by atoms with Crippen molar-refractivity contribution in [1.82, 2.24) is 5.32 Å². The first kappa shape index (κ1) is 13.7. The maximum absolute atomic E-state index is 13.8. The summed E-state index contributed by atoms with van der Waals surface area (Å²) >= 11 is 3.22. The number of nitrogens with one attached hydrogen (secondary N) is 1. The molecule has 0 saturated heterocycles. The lowest BCUT2D eigenvalue weighted by atomic mass is 9.97. The van der Waals surface area contributed by atoms with E-state index in [-0.39, 0.29) is 11.7 Å². The van der Waals surface area contributed by atoms with Crippen molar-refractivity contribution in [2.75, 3.05) is 13.1 Å². The molecule has 0 radical (unpaired) electrons. The molecule has 1 unspecified atom stereocenters. The minimum Gasteiger partial charge on any atom is -0.317 e. The monoisotopic (exact) mass is 287 g/mol. The highest BCUT2D eigenvalue weighted by atomic mass is 79.9. The van der Waals surface area contributed by atoms with E-state index in [1.54, 1.807) is 6.07 Å². The highest BCUT2D eigenvalue weighted by Gasteiger charge is 2.12. The minimum atomic E-state index is -0.120. The molecule has 0 aliphatic heterocycles. The molecule has 0 aromatic heterocycles. The molecule has 1 aromatic rings. The van der Waals surface area contributed by atoms with Crippen LogP contribution < -0.4 is 5.32 Å². The molecule has 1 N–H and O–H groups in total. The van der Waals surface area contributed by atoms with Crippen molar-refractivity contribution in [3.8, 4) is 0 Å². The number of hydrogen-bond donors (Lipinski definition) is 1. The molecular formula is C13H19BrFN. The zero-order valence-electron chi connectivity index (χ0n) is 9.89. The summed E-state index contributed by atoms with van der Waals surface area (Å²) in [5.41, 5.74) is 0.799. The normalized spacial score (nSPS) is 12.8. The lowest BCUT2D eigenvalue weighted by Crippen LogP contribution is -2.17. The smallest absolute Gasteiger partial charge is 0.140 e. The summed E-state index contributed by atoms with van der Waals surface area (Å²) in [6, 6.07) is 5.49. The van der Waals surface area contributed by atoms with Crippen LogP contribution in [0.25, 0.3) is 0 Å². The maximum Gasteiger partial charge on any atom is 0.140 e. The van der Waals surface area contributed by atoms with Crippen molar-refractivity contribution in [2.45, 2.75) is 32.6 Å². The molecule has 0 amide bonds. The second-order valence-corrected chi connectivity index (χ2v) is 4.94. The van der Waals surface area contributed by atoms with Gasteiger partial charge in [-0.2, -0.15) is 0 Å². The number of hydrogen-bond acceptors (Lipinski definition) is 1. The zero-order valence-corrected chi connectivity index (χ0v) is 11.5. The molecule has 90 valence electrons. The van der Waals surface area contributed by atoms with Gasteiger partial charge in [0.2, 0.25) is 0 Å². The van der Waals surface area contributed by atoms with Gasteiger partial charge in [-0.25, -0.2) is 4.39 Å². The zero-order chi connectivity index (χ0) is 12.0. The highest BCUT2D eigenvalue weighted by molar-refractivity contribution is 9.10. The van der Waals surface area contributed by atoms with Crippen LogP contribution in [0.2, 0.25) is 0 Å². The molecule has 0 spiro atoms. The summed E-state index contributed by atoms with van der Waals surface area (Å²) in [5, 5.41) is 3.34. The van der Waals surface area contributed by atoms with Crippen LogP contribution in [0.4, 0.5) is 4.39 Å². The average Bonchev–Trinajstić information content (AvgIpc) is 2.28. The van der Waals surface area contributed by atoms with E-state index in [4.69, 9.17) is 0 Å². The lowest BCUT2D eigenvalue weighted by molar-refractivity contribution is 0.548. The molecule has 1 rings (SSSR count). The summed E-state index contributed by atoms with van der Waals surface area (Å²) < 4.78 is 14.3. The fourth-order valence-electron chi connectivity index (χ4n) is 1.68. The van der Waals surface area contributed by atoms with Gasteiger partial charge in [0.1, 0.15) is 5.82 Å². The second-order valence-electron chi connectivity index (χ2n) is 4.08. The van der Waals surface area contributed by atoms with Crippen LogP contribution in [0.1, 0.15) is 38.2 Å². The van der Waals surface area contributed by atoms with Crippen molar-refractivity contribution in [2.24, 2.45) is 0 Å². The predicted octanol–water partition coefficient (Wildman–Crippen LogP) is 4.08. The molecule has 1 atom stereocenters. The van der Waals surface area contributed by atoms with Gasteiger partial charge in [0, 0.05) is 0 Å². The van der Waals surface area contributed by atoms with Crippen LogP contribution >= 0.6 is 15.9 Å². The van der Waals surface area contributed by atoms with Gasteiger partial charge in [0.05, 0.1) is 4.47 Å². The summed E-state index contributed by atoms with van der Waals surface area (Å²) in [6.45, 7) is 6.19. The van der Waals surface area contributed by atoms with Crippen LogP contribution in [0.15, 0.2) is 22.7 Å². The Morgan fingerprint density at radius 2 is 2.12 bits per heavy atom. The van der Waals surface area contributed by atoms with E-state index in [1.165, 1.54) is 0 Å². The van der Waals surface area contributed by atoms with Gasteiger partial charge in [-0.1, -0.05) is 26.0 Å². The summed E-state index contributed by atoms with van der Waals surface area (Å²) in [7, 11) is 0. The first-order valence-electron chi connectivity index (χ1n) is 5.81. The van der Waals surface area contributed by atoms with Gasteiger partial charge < -0.3 is 5.32 Å². The first-order chi connectivity index (χ1) is 7.66. The first-order valence-corrected chi connectivity index (χ1v) is 6.60. The average molecular weight is 288 g/mol. The van der Waals surface area contributed by atoms with Gasteiger partial charge in [-0.05, 0) is 59.4 Å². The summed E-state index contributed by atoms with van der Waals surface area (Å²) in [5.74, 6) is 0.132. The van der Waals surface area contributed by atoms with E-state index in [2.05, 4.69) is 35.1 Å². The Hall–Kier alpha value is -0.410. The van der Waals surface area contributed by atoms with Crippen molar-refractivity contribution >= 4 is 15.9 Å². The van der Waals surface area contributed by atoms with Crippen molar-refractivity contribution in [3.05, 3.63) is 34.1 Å². The van der Waals surface area contributed by atoms with Gasteiger partial charge in [-0.3, -0.25) is 0 Å². The Labute approximate surface area is 106 Å². The van der Waals surface area contributed by atoms with E-state index in [9.17, 15) is 4.39 Å². The topological polar surface area (TPSA) is 12.0 Å². The van der Waals surface area contributed by atoms with Gasteiger partial charge in [0.15, 0.2) is 0 Å². The number of halogens is 2. The van der Waals surface area contributed by atoms with Crippen molar-refractivity contribution < 1.29 is 4.39 Å². The van der Waals surface area contributed by atoms with E-state index < -0.39 is 0 Å². The Balaban J connectivity index is 2.52. The van der Waals surface area contributed by atoms with Gasteiger partial charge in [-0.15, -0.1) is 0 Å². The quantitative estimate of drug-likeness (QED) is 0.778. The van der Waals surface area contributed by atoms with Crippen molar-refractivity contribution in [3.63, 3.8) is 0 Å². The second kappa shape index (κ2) is 7.02. The van der Waals surface area contributed by atoms with Crippen LogP contribution in [-0.4, -0.2) is 13.1 Å². The molecule has 0 heterocycles. The van der Waals surface area contributed by atoms with E-state index in [0.717, 1.165) is 31.5 Å². The number of rotatable bonds is 6. The molecule has 1 aromatic carbocycles. The Bertz CT molecular complexity index is 328. The Morgan fingerprint density at radius 1 is 1.38 bits per heavy atom. The van der Waals surface area contributed by atoms with Crippen molar-refractivity contribution in [1.29, 1.82) is 0 Å². The van der Waals surface area contributed by atoms with Crippen LogP contribution in [0.3, 0.4) is 0 Å². The van der Waals surface area contributed by atoms with E-state index in [1.807, 2.05) is 12.1 Å². The molecule has 0 aliphatic rings. The standard InChI is InChI=1S/C13H19BrFN/c1-3-8-16-9-7-10(2)11-5-4-6-12(14)13(11)15/h4-6,10,16H,3,7-9H2,1-2H3. The Morgan fingerprint density at radius 3 is 2.81 bits per heavy atom. The van der Waals surface area contributed by atoms with E-state index in [0.29, 0.717) is 4.47 Å². The van der Waals surface area contributed by atoms with Crippen LogP contribution in [0, 0.1) is 5.82 Å². The maximum atomic E-state index is 13.8. The SMILES string of the molecule is CCCNCCC(C)c1cccc(Br)c1F. The molecule has 3 heteroatoms. The van der Waals surface area contributed by atoms with Crippen LogP contribution in [0.5, 0.6) is 0 Å². The minimum absolute atomic E-state index is 0.120. The molecule has 0 bridgehead atoms.